The first-order chi connectivity index (χ1) is 6.92. The van der Waals surface area contributed by atoms with Crippen molar-refractivity contribution in [3.8, 4) is 0 Å². The maximum absolute atomic E-state index is 6.03. The molecule has 0 saturated carbocycles. The molecule has 90 valence electrons. The second-order valence-corrected chi connectivity index (χ2v) is 5.71. The predicted octanol–water partition coefficient (Wildman–Crippen LogP) is 1.14. The van der Waals surface area contributed by atoms with Crippen LogP contribution < -0.4 is 5.73 Å². The molecule has 0 spiro atoms. The summed E-state index contributed by atoms with van der Waals surface area (Å²) in [5.74, 6) is 0. The number of piperidine rings is 1. The lowest BCUT2D eigenvalue weighted by Gasteiger charge is -2.45. The first-order valence-corrected chi connectivity index (χ1v) is 6.07. The van der Waals surface area contributed by atoms with Crippen molar-refractivity contribution in [2.45, 2.75) is 44.7 Å². The van der Waals surface area contributed by atoms with Crippen molar-refractivity contribution in [2.75, 3.05) is 33.7 Å². The number of rotatable bonds is 4. The van der Waals surface area contributed by atoms with E-state index in [1.807, 2.05) is 0 Å². The lowest BCUT2D eigenvalue weighted by atomic mass is 9.88. The molecule has 1 aliphatic heterocycles. The minimum absolute atomic E-state index is 0.349. The molecule has 1 rings (SSSR count). The molecule has 1 heterocycles. The molecule has 1 saturated heterocycles. The molecule has 1 unspecified atom stereocenters. The van der Waals surface area contributed by atoms with Gasteiger partial charge in [0.1, 0.15) is 0 Å². The molecule has 2 N–H and O–H groups in total. The topological polar surface area (TPSA) is 32.5 Å². The Bertz CT molecular complexity index is 189. The smallest absolute Gasteiger partial charge is 0.0168 e. The van der Waals surface area contributed by atoms with Gasteiger partial charge in [0.05, 0.1) is 0 Å². The van der Waals surface area contributed by atoms with Gasteiger partial charge in [0.2, 0.25) is 0 Å². The number of hydrogen-bond acceptors (Lipinski definition) is 3. The van der Waals surface area contributed by atoms with E-state index in [1.54, 1.807) is 0 Å². The van der Waals surface area contributed by atoms with Crippen LogP contribution in [0.1, 0.15) is 33.1 Å². The summed E-state index contributed by atoms with van der Waals surface area (Å²) < 4.78 is 0. The Morgan fingerprint density at radius 3 is 2.67 bits per heavy atom. The fourth-order valence-electron chi connectivity index (χ4n) is 2.29. The summed E-state index contributed by atoms with van der Waals surface area (Å²) in [6.45, 7) is 8.10. The molecule has 1 aliphatic rings. The first kappa shape index (κ1) is 12.9. The Morgan fingerprint density at radius 2 is 2.07 bits per heavy atom. The molecule has 0 aromatic heterocycles. The quantitative estimate of drug-likeness (QED) is 0.760. The van der Waals surface area contributed by atoms with Gasteiger partial charge in [-0.1, -0.05) is 0 Å². The molecule has 0 aromatic rings. The highest BCUT2D eigenvalue weighted by Gasteiger charge is 2.32. The van der Waals surface area contributed by atoms with E-state index in [9.17, 15) is 0 Å². The standard InChI is InChI=1S/C12H27N3/c1-12(2)7-6-11(13)10-15(12)9-5-8-14(3)4/h11H,5-10,13H2,1-4H3. The average molecular weight is 213 g/mol. The molecular weight excluding hydrogens is 186 g/mol. The van der Waals surface area contributed by atoms with Crippen LogP contribution in [0.25, 0.3) is 0 Å². The lowest BCUT2D eigenvalue weighted by molar-refractivity contribution is 0.0632. The van der Waals surface area contributed by atoms with Crippen molar-refractivity contribution >= 4 is 0 Å². The van der Waals surface area contributed by atoms with Crippen LogP contribution in [-0.4, -0.2) is 55.1 Å². The van der Waals surface area contributed by atoms with Gasteiger partial charge < -0.3 is 10.6 Å². The van der Waals surface area contributed by atoms with Crippen molar-refractivity contribution in [2.24, 2.45) is 5.73 Å². The van der Waals surface area contributed by atoms with Crippen LogP contribution in [-0.2, 0) is 0 Å². The van der Waals surface area contributed by atoms with Gasteiger partial charge in [-0.25, -0.2) is 0 Å². The van der Waals surface area contributed by atoms with Gasteiger partial charge in [-0.3, -0.25) is 4.90 Å². The number of likely N-dealkylation sites (tertiary alicyclic amines) is 1. The van der Waals surface area contributed by atoms with Crippen LogP contribution >= 0.6 is 0 Å². The third kappa shape index (κ3) is 4.09. The van der Waals surface area contributed by atoms with Crippen molar-refractivity contribution in [3.63, 3.8) is 0 Å². The van der Waals surface area contributed by atoms with E-state index in [0.29, 0.717) is 11.6 Å². The molecule has 0 aromatic carbocycles. The highest BCUT2D eigenvalue weighted by Crippen LogP contribution is 2.26. The van der Waals surface area contributed by atoms with Gasteiger partial charge in [0.25, 0.3) is 0 Å². The van der Waals surface area contributed by atoms with E-state index >= 15 is 0 Å². The van der Waals surface area contributed by atoms with Gasteiger partial charge in [-0.15, -0.1) is 0 Å². The van der Waals surface area contributed by atoms with Crippen LogP contribution in [0, 0.1) is 0 Å². The Kier molecular flexibility index (Phi) is 4.56. The summed E-state index contributed by atoms with van der Waals surface area (Å²) in [5.41, 5.74) is 6.38. The maximum atomic E-state index is 6.03. The molecular formula is C12H27N3. The normalized spacial score (nSPS) is 27.2. The fraction of sp³-hybridized carbons (Fsp3) is 1.00. The second kappa shape index (κ2) is 5.28. The van der Waals surface area contributed by atoms with Gasteiger partial charge >= 0.3 is 0 Å². The molecule has 0 radical (unpaired) electrons. The van der Waals surface area contributed by atoms with Crippen molar-refractivity contribution in [1.82, 2.24) is 9.80 Å². The minimum atomic E-state index is 0.349. The highest BCUT2D eigenvalue weighted by atomic mass is 15.2. The largest absolute Gasteiger partial charge is 0.327 e. The summed E-state index contributed by atoms with van der Waals surface area (Å²) in [5, 5.41) is 0. The Labute approximate surface area is 94.6 Å². The van der Waals surface area contributed by atoms with E-state index in [4.69, 9.17) is 5.73 Å². The van der Waals surface area contributed by atoms with E-state index in [-0.39, 0.29) is 0 Å². The number of nitrogens with two attached hydrogens (primary N) is 1. The molecule has 0 amide bonds. The van der Waals surface area contributed by atoms with Crippen LogP contribution in [0.2, 0.25) is 0 Å². The number of nitrogens with zero attached hydrogens (tertiary/aromatic N) is 2. The van der Waals surface area contributed by atoms with Crippen LogP contribution in [0.15, 0.2) is 0 Å². The zero-order valence-electron chi connectivity index (χ0n) is 10.8. The van der Waals surface area contributed by atoms with Crippen LogP contribution in [0.4, 0.5) is 0 Å². The van der Waals surface area contributed by atoms with E-state index in [2.05, 4.69) is 37.7 Å². The minimum Gasteiger partial charge on any atom is -0.327 e. The number of hydrogen-bond donors (Lipinski definition) is 1. The van der Waals surface area contributed by atoms with E-state index in [0.717, 1.165) is 6.54 Å². The average Bonchev–Trinajstić information content (AvgIpc) is 2.11. The maximum Gasteiger partial charge on any atom is 0.0168 e. The van der Waals surface area contributed by atoms with Crippen molar-refractivity contribution in [3.05, 3.63) is 0 Å². The summed E-state index contributed by atoms with van der Waals surface area (Å²) in [7, 11) is 4.26. The third-order valence-electron chi connectivity index (χ3n) is 3.47. The second-order valence-electron chi connectivity index (χ2n) is 5.71. The SMILES string of the molecule is CN(C)CCCN1CC(N)CCC1(C)C. The summed E-state index contributed by atoms with van der Waals surface area (Å²) >= 11 is 0. The first-order valence-electron chi connectivity index (χ1n) is 6.07. The Balaban J connectivity index is 2.36. The van der Waals surface area contributed by atoms with Gasteiger partial charge in [-0.05, 0) is 60.3 Å². The monoisotopic (exact) mass is 213 g/mol. The zero-order valence-corrected chi connectivity index (χ0v) is 10.8. The molecule has 0 aliphatic carbocycles. The molecule has 3 heteroatoms. The van der Waals surface area contributed by atoms with E-state index < -0.39 is 0 Å². The van der Waals surface area contributed by atoms with Gasteiger partial charge in [0.15, 0.2) is 0 Å². The zero-order chi connectivity index (χ0) is 11.5. The molecule has 0 bridgehead atoms. The van der Waals surface area contributed by atoms with Crippen molar-refractivity contribution in [1.29, 1.82) is 0 Å². The fourth-order valence-corrected chi connectivity index (χ4v) is 2.29. The molecule has 3 nitrogen and oxygen atoms in total. The van der Waals surface area contributed by atoms with Crippen molar-refractivity contribution < 1.29 is 0 Å². The summed E-state index contributed by atoms with van der Waals surface area (Å²) in [4.78, 5) is 4.81. The summed E-state index contributed by atoms with van der Waals surface area (Å²) in [6, 6.07) is 0.386. The van der Waals surface area contributed by atoms with Gasteiger partial charge in [0, 0.05) is 18.1 Å². The molecule has 1 atom stereocenters. The highest BCUT2D eigenvalue weighted by molar-refractivity contribution is 4.90. The van der Waals surface area contributed by atoms with E-state index in [1.165, 1.54) is 32.4 Å². The Hall–Kier alpha value is -0.120. The van der Waals surface area contributed by atoms with Crippen LogP contribution in [0.5, 0.6) is 0 Å². The Morgan fingerprint density at radius 1 is 1.40 bits per heavy atom. The predicted molar refractivity (Wildman–Crippen MR) is 66.0 cm³/mol. The summed E-state index contributed by atoms with van der Waals surface area (Å²) in [6.07, 6.45) is 3.65. The lowest BCUT2D eigenvalue weighted by Crippen LogP contribution is -2.54. The molecule has 15 heavy (non-hydrogen) atoms. The van der Waals surface area contributed by atoms with Gasteiger partial charge in [-0.2, -0.15) is 0 Å². The van der Waals surface area contributed by atoms with Crippen LogP contribution in [0.3, 0.4) is 0 Å². The molecule has 1 fully saturated rings. The third-order valence-corrected chi connectivity index (χ3v) is 3.47.